The SMILES string of the molecule is CC/C=C\SC=N. The van der Waals surface area contributed by atoms with Crippen LogP contribution in [-0.4, -0.2) is 5.55 Å². The van der Waals surface area contributed by atoms with E-state index in [1.54, 1.807) is 0 Å². The lowest BCUT2D eigenvalue weighted by atomic mass is 10.5. The minimum atomic E-state index is 1.06. The number of thioether (sulfide) groups is 1. The Morgan fingerprint density at radius 2 is 2.43 bits per heavy atom. The molecule has 2 heteroatoms. The number of hydrogen-bond acceptors (Lipinski definition) is 2. The molecule has 0 aliphatic rings. The summed E-state index contributed by atoms with van der Waals surface area (Å²) in [6.07, 6.45) is 3.08. The molecule has 0 bridgehead atoms. The van der Waals surface area contributed by atoms with Crippen molar-refractivity contribution in [1.82, 2.24) is 0 Å². The molecule has 0 aliphatic heterocycles. The van der Waals surface area contributed by atoms with Gasteiger partial charge in [-0.05, 0) is 11.8 Å². The van der Waals surface area contributed by atoms with Crippen molar-refractivity contribution in [2.45, 2.75) is 13.3 Å². The van der Waals surface area contributed by atoms with E-state index in [9.17, 15) is 0 Å². The van der Waals surface area contributed by atoms with Gasteiger partial charge in [0, 0.05) is 0 Å². The van der Waals surface area contributed by atoms with Crippen molar-refractivity contribution in [1.29, 1.82) is 5.41 Å². The normalized spacial score (nSPS) is 9.86. The van der Waals surface area contributed by atoms with E-state index in [-0.39, 0.29) is 0 Å². The van der Waals surface area contributed by atoms with Crippen LogP contribution in [0.3, 0.4) is 0 Å². The van der Waals surface area contributed by atoms with Crippen LogP contribution < -0.4 is 0 Å². The van der Waals surface area contributed by atoms with E-state index in [0.717, 1.165) is 6.42 Å². The van der Waals surface area contributed by atoms with Crippen molar-refractivity contribution in [3.8, 4) is 0 Å². The molecule has 0 aromatic carbocycles. The van der Waals surface area contributed by atoms with Gasteiger partial charge in [0.1, 0.15) is 0 Å². The molecule has 0 unspecified atom stereocenters. The van der Waals surface area contributed by atoms with Gasteiger partial charge < -0.3 is 5.41 Å². The Hall–Kier alpha value is -0.240. The average Bonchev–Trinajstić information content (AvgIpc) is 1.69. The van der Waals surface area contributed by atoms with E-state index in [1.165, 1.54) is 17.3 Å². The zero-order chi connectivity index (χ0) is 5.54. The third-order valence-electron chi connectivity index (χ3n) is 0.479. The summed E-state index contributed by atoms with van der Waals surface area (Å²) in [5.74, 6) is 0. The smallest absolute Gasteiger partial charge is 0.0548 e. The third kappa shape index (κ3) is 5.76. The van der Waals surface area contributed by atoms with Gasteiger partial charge in [0.15, 0.2) is 0 Å². The van der Waals surface area contributed by atoms with Gasteiger partial charge in [-0.2, -0.15) is 0 Å². The number of allylic oxidation sites excluding steroid dienone is 1. The third-order valence-corrected chi connectivity index (χ3v) is 0.964. The number of rotatable bonds is 3. The first-order valence-electron chi connectivity index (χ1n) is 2.21. The second-order valence-electron chi connectivity index (χ2n) is 1.03. The molecule has 7 heavy (non-hydrogen) atoms. The number of hydrogen-bond donors (Lipinski definition) is 1. The molecule has 1 nitrogen and oxygen atoms in total. The lowest BCUT2D eigenvalue weighted by molar-refractivity contribution is 1.23. The average molecular weight is 115 g/mol. The highest BCUT2D eigenvalue weighted by Crippen LogP contribution is 1.95. The van der Waals surface area contributed by atoms with Crippen molar-refractivity contribution >= 4 is 17.3 Å². The molecule has 0 atom stereocenters. The Labute approximate surface area is 48.3 Å². The van der Waals surface area contributed by atoms with Crippen LogP contribution in [0.1, 0.15) is 13.3 Å². The quantitative estimate of drug-likeness (QED) is 0.442. The van der Waals surface area contributed by atoms with Crippen molar-refractivity contribution in [3.05, 3.63) is 11.5 Å². The maximum absolute atomic E-state index is 6.57. The highest BCUT2D eigenvalue weighted by Gasteiger charge is 1.64. The number of nitrogens with one attached hydrogen (secondary N) is 1. The van der Waals surface area contributed by atoms with Gasteiger partial charge >= 0.3 is 0 Å². The molecule has 0 fully saturated rings. The molecular formula is C5H9NS. The molecule has 1 N–H and O–H groups in total. The van der Waals surface area contributed by atoms with Gasteiger partial charge in [0.25, 0.3) is 0 Å². The Morgan fingerprint density at radius 3 is 2.86 bits per heavy atom. The van der Waals surface area contributed by atoms with E-state index < -0.39 is 0 Å². The molecule has 0 aliphatic carbocycles. The molecule has 0 spiro atoms. The summed E-state index contributed by atoms with van der Waals surface area (Å²) < 4.78 is 0. The first-order valence-corrected chi connectivity index (χ1v) is 3.15. The summed E-state index contributed by atoms with van der Waals surface area (Å²) in [5.41, 5.74) is 1.31. The van der Waals surface area contributed by atoms with E-state index >= 15 is 0 Å². The highest BCUT2D eigenvalue weighted by atomic mass is 32.2. The molecule has 0 saturated carbocycles. The van der Waals surface area contributed by atoms with Crippen LogP contribution in [0.25, 0.3) is 0 Å². The minimum absolute atomic E-state index is 1.06. The van der Waals surface area contributed by atoms with Crippen LogP contribution in [-0.2, 0) is 0 Å². The molecule has 0 heterocycles. The van der Waals surface area contributed by atoms with Crippen LogP contribution in [0.5, 0.6) is 0 Å². The van der Waals surface area contributed by atoms with Crippen molar-refractivity contribution in [2.24, 2.45) is 0 Å². The monoisotopic (exact) mass is 115 g/mol. The first-order chi connectivity index (χ1) is 3.41. The molecule has 0 amide bonds. The molecule has 0 aromatic heterocycles. The lowest BCUT2D eigenvalue weighted by Crippen LogP contribution is -1.50. The van der Waals surface area contributed by atoms with Gasteiger partial charge in [-0.25, -0.2) is 0 Å². The largest absolute Gasteiger partial charge is 0.302 e. The fourth-order valence-corrected chi connectivity index (χ4v) is 0.573. The predicted molar refractivity (Wildman–Crippen MR) is 35.8 cm³/mol. The maximum atomic E-state index is 6.57. The van der Waals surface area contributed by atoms with Gasteiger partial charge in [-0.15, -0.1) is 0 Å². The summed E-state index contributed by atoms with van der Waals surface area (Å²) in [5, 5.41) is 8.48. The van der Waals surface area contributed by atoms with Gasteiger partial charge in [-0.1, -0.05) is 24.8 Å². The van der Waals surface area contributed by atoms with E-state index in [0.29, 0.717) is 0 Å². The van der Waals surface area contributed by atoms with Crippen LogP contribution in [0.4, 0.5) is 0 Å². The van der Waals surface area contributed by atoms with Crippen molar-refractivity contribution in [3.63, 3.8) is 0 Å². The first kappa shape index (κ1) is 6.76. The molecule has 0 saturated heterocycles. The Morgan fingerprint density at radius 1 is 1.71 bits per heavy atom. The maximum Gasteiger partial charge on any atom is 0.0548 e. The summed E-state index contributed by atoms with van der Waals surface area (Å²) >= 11 is 1.39. The van der Waals surface area contributed by atoms with E-state index in [1.807, 2.05) is 11.5 Å². The molecule has 0 rings (SSSR count). The van der Waals surface area contributed by atoms with Crippen LogP contribution in [0.2, 0.25) is 0 Å². The van der Waals surface area contributed by atoms with Crippen LogP contribution in [0.15, 0.2) is 11.5 Å². The Bertz CT molecular complexity index is 68.5. The second kappa shape index (κ2) is 5.76. The minimum Gasteiger partial charge on any atom is -0.302 e. The van der Waals surface area contributed by atoms with Crippen molar-refractivity contribution in [2.75, 3.05) is 0 Å². The molecular weight excluding hydrogens is 106 g/mol. The van der Waals surface area contributed by atoms with Crippen LogP contribution >= 0.6 is 11.8 Å². The second-order valence-corrected chi connectivity index (χ2v) is 1.81. The lowest BCUT2D eigenvalue weighted by Gasteiger charge is -1.74. The summed E-state index contributed by atoms with van der Waals surface area (Å²) in [6.45, 7) is 2.07. The van der Waals surface area contributed by atoms with Gasteiger partial charge in [0.05, 0.1) is 5.55 Å². The Kier molecular flexibility index (Phi) is 5.56. The predicted octanol–water partition coefficient (Wildman–Crippen LogP) is 2.25. The van der Waals surface area contributed by atoms with Crippen molar-refractivity contribution < 1.29 is 0 Å². The van der Waals surface area contributed by atoms with E-state index in [4.69, 9.17) is 5.41 Å². The zero-order valence-electron chi connectivity index (χ0n) is 4.35. The standard InChI is InChI=1S/C5H9NS/c1-2-3-4-7-5-6/h3-6H,2H2,1H3/b4-3-,6-5?. The highest BCUT2D eigenvalue weighted by molar-refractivity contribution is 8.14. The molecule has 0 radical (unpaired) electrons. The fourth-order valence-electron chi connectivity index (χ4n) is 0.191. The zero-order valence-corrected chi connectivity index (χ0v) is 5.16. The topological polar surface area (TPSA) is 23.9 Å². The van der Waals surface area contributed by atoms with Gasteiger partial charge in [-0.3, -0.25) is 0 Å². The molecule has 40 valence electrons. The fraction of sp³-hybridized carbons (Fsp3) is 0.400. The van der Waals surface area contributed by atoms with Gasteiger partial charge in [0.2, 0.25) is 0 Å². The Balaban J connectivity index is 2.92. The van der Waals surface area contributed by atoms with Crippen LogP contribution in [0, 0.1) is 5.41 Å². The summed E-state index contributed by atoms with van der Waals surface area (Å²) in [6, 6.07) is 0. The van der Waals surface area contributed by atoms with E-state index in [2.05, 4.69) is 6.92 Å². The molecule has 0 aromatic rings. The summed E-state index contributed by atoms with van der Waals surface area (Å²) in [7, 11) is 0. The summed E-state index contributed by atoms with van der Waals surface area (Å²) in [4.78, 5) is 0.